The molecule has 40 heavy (non-hydrogen) atoms. The minimum absolute atomic E-state index is 0.0739. The van der Waals surface area contributed by atoms with Crippen LogP contribution in [0, 0.1) is 13.8 Å². The number of carbonyl (C=O) groups excluding carboxylic acids is 1. The van der Waals surface area contributed by atoms with Crippen LogP contribution >= 0.6 is 23.8 Å². The molecular weight excluding hydrogens is 546 g/mol. The molecule has 8 nitrogen and oxygen atoms in total. The number of carbonyl (C=O) groups is 1. The van der Waals surface area contributed by atoms with Crippen molar-refractivity contribution in [3.05, 3.63) is 101 Å². The number of hydrogen-bond donors (Lipinski definition) is 2. The number of halogens is 1. The first-order valence-electron chi connectivity index (χ1n) is 12.7. The summed E-state index contributed by atoms with van der Waals surface area (Å²) in [5.74, 6) is 0.243. The summed E-state index contributed by atoms with van der Waals surface area (Å²) < 4.78 is 12.7. The Morgan fingerprint density at radius 2 is 1.88 bits per heavy atom. The number of pyridine rings is 1. The molecule has 0 bridgehead atoms. The molecule has 1 fully saturated rings. The molecular formula is C30H30ClN5O3S. The van der Waals surface area contributed by atoms with Gasteiger partial charge in [-0.25, -0.2) is 0 Å². The summed E-state index contributed by atoms with van der Waals surface area (Å²) in [6.45, 7) is 4.08. The van der Waals surface area contributed by atoms with Crippen LogP contribution in [-0.2, 0) is 9.53 Å². The zero-order valence-corrected chi connectivity index (χ0v) is 24.2. The number of para-hydroxylation sites is 1. The number of aromatic nitrogens is 2. The normalized spacial score (nSPS) is 16.6. The van der Waals surface area contributed by atoms with Crippen molar-refractivity contribution in [1.29, 1.82) is 0 Å². The lowest BCUT2D eigenvalue weighted by molar-refractivity contribution is -0.119. The highest BCUT2D eigenvalue weighted by Gasteiger charge is 2.42. The first-order valence-corrected chi connectivity index (χ1v) is 13.5. The second kappa shape index (κ2) is 11.7. The van der Waals surface area contributed by atoms with E-state index in [1.54, 1.807) is 13.3 Å². The molecule has 1 aliphatic rings. The van der Waals surface area contributed by atoms with Gasteiger partial charge in [0.2, 0.25) is 5.91 Å². The smallest absolute Gasteiger partial charge is 0.250 e. The average Bonchev–Trinajstić information content (AvgIpc) is 3.44. The SMILES string of the molecule is COCC(=O)Nc1cc(N2C(=S)NC(c3ccccn3)C2c2cc(C)n(-c3ccccc3Cl)c2C)ccc1OC. The molecule has 0 radical (unpaired) electrons. The summed E-state index contributed by atoms with van der Waals surface area (Å²) in [5.41, 5.74) is 6.23. The number of methoxy groups -OCH3 is 2. The first-order chi connectivity index (χ1) is 19.3. The zero-order chi connectivity index (χ0) is 28.4. The fraction of sp³-hybridized carbons (Fsp3) is 0.233. The minimum atomic E-state index is -0.286. The summed E-state index contributed by atoms with van der Waals surface area (Å²) in [6, 6.07) is 21.0. The Morgan fingerprint density at radius 3 is 2.58 bits per heavy atom. The third kappa shape index (κ3) is 5.15. The lowest BCUT2D eigenvalue weighted by Crippen LogP contribution is -2.29. The van der Waals surface area contributed by atoms with E-state index in [1.807, 2.05) is 60.7 Å². The number of amides is 1. The van der Waals surface area contributed by atoms with Crippen molar-refractivity contribution < 1.29 is 14.3 Å². The molecule has 2 aromatic carbocycles. The lowest BCUT2D eigenvalue weighted by atomic mass is 9.96. The molecule has 0 saturated carbocycles. The Labute approximate surface area is 243 Å². The van der Waals surface area contributed by atoms with Crippen LogP contribution in [0.1, 0.15) is 34.7 Å². The largest absolute Gasteiger partial charge is 0.495 e. The van der Waals surface area contributed by atoms with Gasteiger partial charge >= 0.3 is 0 Å². The first kappa shape index (κ1) is 27.6. The van der Waals surface area contributed by atoms with Crippen molar-refractivity contribution in [2.75, 3.05) is 31.0 Å². The minimum Gasteiger partial charge on any atom is -0.495 e. The summed E-state index contributed by atoms with van der Waals surface area (Å²) in [5, 5.41) is 7.60. The molecule has 2 aromatic heterocycles. The second-order valence-corrected chi connectivity index (χ2v) is 10.3. The van der Waals surface area contributed by atoms with Crippen molar-refractivity contribution in [1.82, 2.24) is 14.9 Å². The van der Waals surface area contributed by atoms with Crippen LogP contribution in [0.2, 0.25) is 5.02 Å². The fourth-order valence-corrected chi connectivity index (χ4v) is 5.87. The van der Waals surface area contributed by atoms with Crippen molar-refractivity contribution >= 4 is 46.2 Å². The van der Waals surface area contributed by atoms with Gasteiger partial charge in [-0.1, -0.05) is 29.8 Å². The summed E-state index contributed by atoms with van der Waals surface area (Å²) in [6.07, 6.45) is 1.78. The van der Waals surface area contributed by atoms with Crippen LogP contribution in [0.3, 0.4) is 0 Å². The molecule has 2 unspecified atom stereocenters. The van der Waals surface area contributed by atoms with Crippen LogP contribution in [0.4, 0.5) is 11.4 Å². The molecule has 1 saturated heterocycles. The molecule has 10 heteroatoms. The van der Waals surface area contributed by atoms with Gasteiger partial charge in [-0.15, -0.1) is 0 Å². The van der Waals surface area contributed by atoms with Crippen LogP contribution in [0.5, 0.6) is 5.75 Å². The quantitative estimate of drug-likeness (QED) is 0.253. The third-order valence-corrected chi connectivity index (χ3v) is 7.63. The topological polar surface area (TPSA) is 80.7 Å². The fourth-order valence-electron chi connectivity index (χ4n) is 5.30. The maximum atomic E-state index is 12.4. The molecule has 206 valence electrons. The zero-order valence-electron chi connectivity index (χ0n) is 22.6. The number of ether oxygens (including phenoxy) is 2. The van der Waals surface area contributed by atoms with E-state index in [-0.39, 0.29) is 24.6 Å². The molecule has 0 spiro atoms. The van der Waals surface area contributed by atoms with E-state index < -0.39 is 0 Å². The molecule has 4 aromatic rings. The van der Waals surface area contributed by atoms with Crippen LogP contribution in [0.15, 0.2) is 72.9 Å². The van der Waals surface area contributed by atoms with Gasteiger partial charge in [0.05, 0.1) is 41.3 Å². The van der Waals surface area contributed by atoms with Crippen molar-refractivity contribution in [2.24, 2.45) is 0 Å². The Bertz CT molecular complexity index is 1560. The van der Waals surface area contributed by atoms with Gasteiger partial charge in [-0.3, -0.25) is 9.78 Å². The highest BCUT2D eigenvalue weighted by molar-refractivity contribution is 7.80. The van der Waals surface area contributed by atoms with Gasteiger partial charge in [0, 0.05) is 30.4 Å². The number of benzene rings is 2. The van der Waals surface area contributed by atoms with E-state index in [2.05, 4.69) is 45.0 Å². The van der Waals surface area contributed by atoms with Crippen molar-refractivity contribution in [3.8, 4) is 11.4 Å². The maximum absolute atomic E-state index is 12.4. The van der Waals surface area contributed by atoms with Crippen molar-refractivity contribution in [3.63, 3.8) is 0 Å². The average molecular weight is 576 g/mol. The number of rotatable bonds is 8. The van der Waals surface area contributed by atoms with E-state index in [0.717, 1.165) is 34.0 Å². The van der Waals surface area contributed by atoms with Crippen LogP contribution in [-0.4, -0.2) is 41.4 Å². The number of nitrogens with one attached hydrogen (secondary N) is 2. The summed E-state index contributed by atoms with van der Waals surface area (Å²) in [4.78, 5) is 19.1. The molecule has 1 amide bonds. The highest BCUT2D eigenvalue weighted by Crippen LogP contribution is 2.45. The summed E-state index contributed by atoms with van der Waals surface area (Å²) in [7, 11) is 3.04. The molecule has 2 N–H and O–H groups in total. The summed E-state index contributed by atoms with van der Waals surface area (Å²) >= 11 is 12.6. The Kier molecular flexibility index (Phi) is 8.07. The predicted molar refractivity (Wildman–Crippen MR) is 162 cm³/mol. The molecule has 5 rings (SSSR count). The highest BCUT2D eigenvalue weighted by atomic mass is 35.5. The maximum Gasteiger partial charge on any atom is 0.250 e. The van der Waals surface area contributed by atoms with Crippen LogP contribution < -0.4 is 20.3 Å². The predicted octanol–water partition coefficient (Wildman–Crippen LogP) is 5.91. The monoisotopic (exact) mass is 575 g/mol. The van der Waals surface area contributed by atoms with Gasteiger partial charge in [0.1, 0.15) is 12.4 Å². The molecule has 3 heterocycles. The van der Waals surface area contributed by atoms with Crippen LogP contribution in [0.25, 0.3) is 5.69 Å². The van der Waals surface area contributed by atoms with Gasteiger partial charge < -0.3 is 29.6 Å². The van der Waals surface area contributed by atoms with Crippen molar-refractivity contribution in [2.45, 2.75) is 25.9 Å². The Morgan fingerprint density at radius 1 is 1.10 bits per heavy atom. The van der Waals surface area contributed by atoms with Gasteiger partial charge in [-0.05, 0) is 80.2 Å². The number of thiocarbonyl (C=S) groups is 1. The standard InChI is InChI=1S/C30H30ClN5O3S/c1-18-15-21(19(2)35(18)25-11-6-5-9-22(25)31)29-28(23-10-7-8-14-32-23)34-30(40)36(29)20-12-13-26(39-4)24(16-20)33-27(37)17-38-3/h5-16,28-29H,17H2,1-4H3,(H,33,37)(H,34,40). The Balaban J connectivity index is 1.66. The van der Waals surface area contributed by atoms with Gasteiger partial charge in [-0.2, -0.15) is 0 Å². The van der Waals surface area contributed by atoms with E-state index >= 15 is 0 Å². The molecule has 0 aliphatic carbocycles. The third-order valence-electron chi connectivity index (χ3n) is 6.99. The van der Waals surface area contributed by atoms with E-state index in [1.165, 1.54) is 7.11 Å². The second-order valence-electron chi connectivity index (χ2n) is 9.48. The van der Waals surface area contributed by atoms with Gasteiger partial charge in [0.25, 0.3) is 0 Å². The Hall–Kier alpha value is -3.92. The molecule has 1 aliphatic heterocycles. The van der Waals surface area contributed by atoms with E-state index in [0.29, 0.717) is 21.6 Å². The number of anilines is 2. The van der Waals surface area contributed by atoms with E-state index in [4.69, 9.17) is 33.3 Å². The number of aryl methyl sites for hydroxylation is 1. The lowest BCUT2D eigenvalue weighted by Gasteiger charge is -2.29. The number of nitrogens with zero attached hydrogens (tertiary/aromatic N) is 3. The number of hydrogen-bond acceptors (Lipinski definition) is 5. The molecule has 2 atom stereocenters. The van der Waals surface area contributed by atoms with Gasteiger partial charge in [0.15, 0.2) is 5.11 Å². The van der Waals surface area contributed by atoms with E-state index in [9.17, 15) is 4.79 Å².